The van der Waals surface area contributed by atoms with Gasteiger partial charge in [0.25, 0.3) is 5.91 Å². The van der Waals surface area contributed by atoms with Crippen LogP contribution in [-0.2, 0) is 43.1 Å². The van der Waals surface area contributed by atoms with Crippen molar-refractivity contribution in [2.24, 2.45) is 17.2 Å². The van der Waals surface area contributed by atoms with Crippen LogP contribution < -0.4 is 38.5 Å². The Labute approximate surface area is 301 Å². The number of esters is 1. The van der Waals surface area contributed by atoms with Crippen molar-refractivity contribution in [3.63, 3.8) is 0 Å². The molecule has 0 aliphatic carbocycles. The summed E-state index contributed by atoms with van der Waals surface area (Å²) in [6.45, 7) is -1.92. The van der Waals surface area contributed by atoms with Gasteiger partial charge in [0.05, 0.1) is 31.8 Å². The molecule has 2 rings (SSSR count). The Kier molecular flexibility index (Phi) is 17.3. The second-order valence-electron chi connectivity index (χ2n) is 11.9. The minimum Gasteiger partial charge on any atom is -0.480 e. The summed E-state index contributed by atoms with van der Waals surface area (Å²) < 4.78 is 5.23. The largest absolute Gasteiger partial charge is 0.480 e. The van der Waals surface area contributed by atoms with Crippen LogP contribution >= 0.6 is 11.8 Å². The molecule has 0 bridgehead atoms. The molecule has 7 atom stereocenters. The van der Waals surface area contributed by atoms with Crippen LogP contribution in [0.15, 0.2) is 11.3 Å². The zero-order valence-electron chi connectivity index (χ0n) is 28.0. The van der Waals surface area contributed by atoms with Crippen molar-refractivity contribution in [3.05, 3.63) is 11.3 Å². The molecule has 2 aliphatic rings. The molecule has 0 aromatic heterocycles. The molecule has 0 aromatic rings. The summed E-state index contributed by atoms with van der Waals surface area (Å²) in [5.41, 5.74) is 13.8. The van der Waals surface area contributed by atoms with Crippen molar-refractivity contribution in [1.82, 2.24) is 26.2 Å². The molecule has 1 saturated heterocycles. The van der Waals surface area contributed by atoms with Crippen LogP contribution in [0.2, 0.25) is 0 Å². The number of carboxylic acid groups (broad SMARTS) is 2. The second-order valence-corrected chi connectivity index (χ2v) is 13.0. The van der Waals surface area contributed by atoms with Crippen LogP contribution in [0.1, 0.15) is 44.9 Å². The highest BCUT2D eigenvalue weighted by atomic mass is 32.2. The summed E-state index contributed by atoms with van der Waals surface area (Å²) in [6, 6.07) is -5.17. The van der Waals surface area contributed by atoms with Crippen LogP contribution in [0.4, 0.5) is 0 Å². The second kappa shape index (κ2) is 20.6. The normalized spacial score (nSPS) is 20.9. The first-order valence-electron chi connectivity index (χ1n) is 16.1. The first-order valence-corrected chi connectivity index (χ1v) is 17.2. The Morgan fingerprint density at radius 2 is 1.69 bits per heavy atom. The van der Waals surface area contributed by atoms with E-state index >= 15 is 0 Å². The molecule has 292 valence electrons. The fourth-order valence-electron chi connectivity index (χ4n) is 5.24. The molecule has 1 fully saturated rings. The number of hydrogen-bond acceptors (Lipinski definition) is 16. The Morgan fingerprint density at radius 1 is 1.00 bits per heavy atom. The van der Waals surface area contributed by atoms with E-state index in [0.717, 1.165) is 16.7 Å². The molecule has 0 radical (unpaired) electrons. The fraction of sp³-hybridized carbons (Fsp3) is 0.655. The maximum absolute atomic E-state index is 13.3. The molecule has 2 heterocycles. The Hall–Kier alpha value is -4.39. The number of hydrogen-bond donors (Lipinski definition) is 12. The molecule has 0 unspecified atom stereocenters. The van der Waals surface area contributed by atoms with E-state index in [0.29, 0.717) is 12.8 Å². The van der Waals surface area contributed by atoms with E-state index in [2.05, 4.69) is 21.3 Å². The number of thioether (sulfide) groups is 1. The molecule has 23 heteroatoms. The quantitative estimate of drug-likeness (QED) is 0.0143. The number of β-lactam (4-membered cyclic amide) rings is 1. The van der Waals surface area contributed by atoms with Gasteiger partial charge in [0, 0.05) is 17.7 Å². The topological polar surface area (TPSA) is 376 Å². The number of rotatable bonds is 24. The Bertz CT molecular complexity index is 1390. The van der Waals surface area contributed by atoms with Gasteiger partial charge in [0.1, 0.15) is 35.8 Å². The number of fused-ring (bicyclic) bond motifs is 1. The van der Waals surface area contributed by atoms with E-state index < -0.39 is 115 Å². The van der Waals surface area contributed by atoms with Crippen molar-refractivity contribution in [3.8, 4) is 0 Å². The maximum Gasteiger partial charge on any atom is 0.352 e. The smallest absolute Gasteiger partial charge is 0.352 e. The monoisotopic (exact) mass is 762 g/mol. The third kappa shape index (κ3) is 11.3. The van der Waals surface area contributed by atoms with E-state index in [1.54, 1.807) is 0 Å². The lowest BCUT2D eigenvalue weighted by Gasteiger charge is -2.56. The van der Waals surface area contributed by atoms with Crippen molar-refractivity contribution >= 4 is 59.7 Å². The molecular formula is C29H46N8O14S. The summed E-state index contributed by atoms with van der Waals surface area (Å²) in [6.07, 6.45) is -1.35. The number of aliphatic hydroxyl groups excluding tert-OH is 3. The van der Waals surface area contributed by atoms with Crippen LogP contribution in [0, 0.1) is 0 Å². The van der Waals surface area contributed by atoms with Gasteiger partial charge in [-0.2, -0.15) is 0 Å². The van der Waals surface area contributed by atoms with Gasteiger partial charge in [0.2, 0.25) is 29.8 Å². The summed E-state index contributed by atoms with van der Waals surface area (Å²) in [7, 11) is 0. The lowest BCUT2D eigenvalue weighted by atomic mass is 9.94. The van der Waals surface area contributed by atoms with Gasteiger partial charge in [-0.05, 0) is 32.2 Å². The summed E-state index contributed by atoms with van der Waals surface area (Å²) in [5, 5.41) is 56.6. The number of aliphatic hydroxyl groups is 3. The van der Waals surface area contributed by atoms with Crippen LogP contribution in [0.25, 0.3) is 0 Å². The highest BCUT2D eigenvalue weighted by Gasteiger charge is 2.66. The number of unbranched alkanes of at least 4 members (excludes halogenated alkanes) is 1. The van der Waals surface area contributed by atoms with Gasteiger partial charge in [-0.15, -0.1) is 11.8 Å². The summed E-state index contributed by atoms with van der Waals surface area (Å²) in [5.74, 6) is -7.58. The number of amides is 5. The van der Waals surface area contributed by atoms with Crippen molar-refractivity contribution in [1.29, 1.82) is 0 Å². The first-order chi connectivity index (χ1) is 24.6. The van der Waals surface area contributed by atoms with Crippen molar-refractivity contribution in [2.45, 2.75) is 86.3 Å². The molecule has 22 nitrogen and oxygen atoms in total. The highest BCUT2D eigenvalue weighted by molar-refractivity contribution is 8.00. The standard InChI is InChI=1S/C29H46N8O14S/c30-7-2-1-5-17(34-24(45)18(10-39)35-23(44)16(32)9-38)19(41)8-21(43)51-11-14-12-52-28-29(33-13-40,27(50)37(28)22(14)26(48)49)36-20(42)6-3-4-15(31)25(46)47/h13,15-19,28,38-39,41H,1-12,30-32H2,(H,33,40)(H,34,45)(H,35,44)(H,36,42)(H,46,47)(H,48,49)/t15-,16+,17+,18+,19-,28-,29-/m1/s1. The zero-order valence-corrected chi connectivity index (χ0v) is 28.8. The maximum atomic E-state index is 13.3. The summed E-state index contributed by atoms with van der Waals surface area (Å²) >= 11 is 0.948. The van der Waals surface area contributed by atoms with Gasteiger partial charge in [-0.1, -0.05) is 6.42 Å². The average molecular weight is 763 g/mol. The molecule has 2 aliphatic heterocycles. The minimum absolute atomic E-state index is 0.0194. The first kappa shape index (κ1) is 43.8. The number of nitrogens with one attached hydrogen (secondary N) is 4. The molecule has 0 aromatic carbocycles. The van der Waals surface area contributed by atoms with E-state index in [4.69, 9.17) is 32.2 Å². The predicted octanol–water partition coefficient (Wildman–Crippen LogP) is -5.91. The Morgan fingerprint density at radius 3 is 2.27 bits per heavy atom. The number of carboxylic acids is 2. The number of ether oxygens (including phenoxy) is 1. The highest BCUT2D eigenvalue weighted by Crippen LogP contribution is 2.45. The van der Waals surface area contributed by atoms with Gasteiger partial charge in [-0.3, -0.25) is 38.5 Å². The van der Waals surface area contributed by atoms with Gasteiger partial charge in [-0.25, -0.2) is 4.79 Å². The van der Waals surface area contributed by atoms with Crippen LogP contribution in [0.5, 0.6) is 0 Å². The van der Waals surface area contributed by atoms with E-state index in [1.807, 2.05) is 0 Å². The van der Waals surface area contributed by atoms with E-state index in [9.17, 15) is 53.7 Å². The molecular weight excluding hydrogens is 716 g/mol. The molecule has 52 heavy (non-hydrogen) atoms. The lowest BCUT2D eigenvalue weighted by molar-refractivity contribution is -0.162. The minimum atomic E-state index is -2.02. The number of carbonyl (C=O) groups is 8. The number of nitrogens with two attached hydrogens (primary N) is 3. The van der Waals surface area contributed by atoms with Crippen LogP contribution in [0.3, 0.4) is 0 Å². The fourth-order valence-corrected chi connectivity index (χ4v) is 6.65. The average Bonchev–Trinajstić information content (AvgIpc) is 3.10. The van der Waals surface area contributed by atoms with Gasteiger partial charge < -0.3 is 68.7 Å². The molecule has 0 saturated carbocycles. The van der Waals surface area contributed by atoms with Gasteiger partial charge >= 0.3 is 17.9 Å². The molecule has 0 spiro atoms. The van der Waals surface area contributed by atoms with Crippen molar-refractivity contribution in [2.75, 3.05) is 32.1 Å². The summed E-state index contributed by atoms with van der Waals surface area (Å²) in [4.78, 5) is 99.1. The van der Waals surface area contributed by atoms with Crippen LogP contribution in [-0.4, -0.2) is 152 Å². The Balaban J connectivity index is 2.12. The van der Waals surface area contributed by atoms with E-state index in [-0.39, 0.29) is 50.0 Å². The number of aliphatic carboxylic acids is 2. The third-order valence-corrected chi connectivity index (χ3v) is 9.50. The predicted molar refractivity (Wildman–Crippen MR) is 178 cm³/mol. The number of carbonyl (C=O) groups excluding carboxylic acids is 6. The van der Waals surface area contributed by atoms with Crippen molar-refractivity contribution < 1.29 is 68.6 Å². The SMILES string of the molecule is NCCCC[C@H](NC(=O)[C@H](CO)NC(=O)[C@@H](N)CO)[C@H](O)CC(=O)OCC1=C(C(=O)O)N2C(=O)[C@@](NC=O)(NC(=O)CCC[C@@H](N)C(=O)O)[C@H]2SC1. The van der Waals surface area contributed by atoms with Gasteiger partial charge in [0.15, 0.2) is 0 Å². The number of nitrogens with zero attached hydrogens (tertiary/aromatic N) is 1. The zero-order chi connectivity index (χ0) is 39.2. The molecule has 15 N–H and O–H groups in total. The lowest BCUT2D eigenvalue weighted by Crippen LogP contribution is -2.85. The molecule has 5 amide bonds. The third-order valence-electron chi connectivity index (χ3n) is 8.11. The van der Waals surface area contributed by atoms with E-state index in [1.165, 1.54) is 0 Å².